The highest BCUT2D eigenvalue weighted by molar-refractivity contribution is 5.92. The summed E-state index contributed by atoms with van der Waals surface area (Å²) in [6.07, 6.45) is 7.83. The molecule has 0 unspecified atom stereocenters. The highest BCUT2D eigenvalue weighted by Crippen LogP contribution is 2.24. The lowest BCUT2D eigenvalue weighted by Crippen LogP contribution is -2.41. The normalized spacial score (nSPS) is 20.3. The van der Waals surface area contributed by atoms with Gasteiger partial charge in [-0.05, 0) is 44.4 Å². The highest BCUT2D eigenvalue weighted by Gasteiger charge is 2.25. The van der Waals surface area contributed by atoms with E-state index in [2.05, 4.69) is 20.2 Å². The molecule has 6 nitrogen and oxygen atoms in total. The third-order valence-corrected chi connectivity index (χ3v) is 5.76. The van der Waals surface area contributed by atoms with E-state index in [9.17, 15) is 4.79 Å². The molecule has 1 aromatic carbocycles. The van der Waals surface area contributed by atoms with Gasteiger partial charge in [0, 0.05) is 37.9 Å². The molecule has 1 aliphatic heterocycles. The Bertz CT molecular complexity index is 765. The van der Waals surface area contributed by atoms with Gasteiger partial charge in [-0.15, -0.1) is 0 Å². The van der Waals surface area contributed by atoms with Crippen molar-refractivity contribution in [2.24, 2.45) is 0 Å². The number of amides is 2. The summed E-state index contributed by atoms with van der Waals surface area (Å²) in [5, 5.41) is 3.06. The van der Waals surface area contributed by atoms with Gasteiger partial charge >= 0.3 is 6.03 Å². The van der Waals surface area contributed by atoms with Crippen LogP contribution in [0.5, 0.6) is 0 Å². The molecule has 2 fully saturated rings. The minimum absolute atomic E-state index is 0.00563. The van der Waals surface area contributed by atoms with Crippen molar-refractivity contribution in [3.05, 3.63) is 24.0 Å². The SMILES string of the molecule is Cc1nc2ccc(NC(=O)N3CCCN(C4CCCCC4)CC3)cc2[nH]1. The fourth-order valence-corrected chi connectivity index (χ4v) is 4.37. The summed E-state index contributed by atoms with van der Waals surface area (Å²) in [6.45, 7) is 5.70. The van der Waals surface area contributed by atoms with Gasteiger partial charge in [-0.2, -0.15) is 0 Å². The maximum Gasteiger partial charge on any atom is 0.321 e. The Labute approximate surface area is 155 Å². The topological polar surface area (TPSA) is 64.3 Å². The van der Waals surface area contributed by atoms with Crippen molar-refractivity contribution in [1.29, 1.82) is 0 Å². The second-order valence-electron chi connectivity index (χ2n) is 7.65. The van der Waals surface area contributed by atoms with Gasteiger partial charge in [0.2, 0.25) is 0 Å². The van der Waals surface area contributed by atoms with E-state index in [0.29, 0.717) is 0 Å². The summed E-state index contributed by atoms with van der Waals surface area (Å²) in [5.74, 6) is 0.888. The van der Waals surface area contributed by atoms with Gasteiger partial charge in [-0.25, -0.2) is 9.78 Å². The maximum atomic E-state index is 12.7. The Morgan fingerprint density at radius 3 is 2.81 bits per heavy atom. The average Bonchev–Trinajstić information content (AvgIpc) is 2.86. The van der Waals surface area contributed by atoms with Gasteiger partial charge < -0.3 is 15.2 Å². The summed E-state index contributed by atoms with van der Waals surface area (Å²) >= 11 is 0. The number of imidazole rings is 1. The Morgan fingerprint density at radius 1 is 1.12 bits per heavy atom. The van der Waals surface area contributed by atoms with Crippen LogP contribution in [-0.2, 0) is 0 Å². The lowest BCUT2D eigenvalue weighted by atomic mass is 9.94. The number of urea groups is 1. The second kappa shape index (κ2) is 7.66. The molecule has 0 bridgehead atoms. The zero-order valence-corrected chi connectivity index (χ0v) is 15.6. The van der Waals surface area contributed by atoms with Crippen LogP contribution in [0.15, 0.2) is 18.2 Å². The van der Waals surface area contributed by atoms with Gasteiger partial charge in [0.15, 0.2) is 0 Å². The molecule has 6 heteroatoms. The first-order valence-corrected chi connectivity index (χ1v) is 9.95. The first kappa shape index (κ1) is 17.3. The van der Waals surface area contributed by atoms with Gasteiger partial charge in [-0.3, -0.25) is 4.90 Å². The number of hydrogen-bond acceptors (Lipinski definition) is 3. The van der Waals surface area contributed by atoms with Crippen molar-refractivity contribution in [3.63, 3.8) is 0 Å². The van der Waals surface area contributed by atoms with Gasteiger partial charge in [0.25, 0.3) is 0 Å². The van der Waals surface area contributed by atoms with E-state index in [0.717, 1.165) is 61.2 Å². The third-order valence-electron chi connectivity index (χ3n) is 5.76. The monoisotopic (exact) mass is 355 g/mol. The molecule has 2 aliphatic rings. The van der Waals surface area contributed by atoms with E-state index in [1.807, 2.05) is 30.0 Å². The molecule has 2 heterocycles. The number of aryl methyl sites for hydroxylation is 1. The number of nitrogens with zero attached hydrogens (tertiary/aromatic N) is 3. The fourth-order valence-electron chi connectivity index (χ4n) is 4.37. The lowest BCUT2D eigenvalue weighted by Gasteiger charge is -2.33. The lowest BCUT2D eigenvalue weighted by molar-refractivity contribution is 0.160. The van der Waals surface area contributed by atoms with Crippen LogP contribution in [0, 0.1) is 6.92 Å². The second-order valence-corrected chi connectivity index (χ2v) is 7.65. The van der Waals surface area contributed by atoms with Gasteiger partial charge in [0.05, 0.1) is 11.0 Å². The molecule has 0 atom stereocenters. The first-order chi connectivity index (χ1) is 12.7. The first-order valence-electron chi connectivity index (χ1n) is 9.95. The molecule has 26 heavy (non-hydrogen) atoms. The summed E-state index contributed by atoms with van der Waals surface area (Å²) in [4.78, 5) is 24.9. The maximum absolute atomic E-state index is 12.7. The van der Waals surface area contributed by atoms with Crippen LogP contribution in [-0.4, -0.2) is 58.0 Å². The smallest absolute Gasteiger partial charge is 0.321 e. The summed E-state index contributed by atoms with van der Waals surface area (Å²) in [5.41, 5.74) is 2.71. The third kappa shape index (κ3) is 3.85. The molecule has 4 rings (SSSR count). The van der Waals surface area contributed by atoms with Gasteiger partial charge in [-0.1, -0.05) is 19.3 Å². The molecule has 140 valence electrons. The van der Waals surface area contributed by atoms with E-state index < -0.39 is 0 Å². The Morgan fingerprint density at radius 2 is 1.96 bits per heavy atom. The Balaban J connectivity index is 1.36. The largest absolute Gasteiger partial charge is 0.342 e. The predicted octanol–water partition coefficient (Wildman–Crippen LogP) is 3.74. The van der Waals surface area contributed by atoms with E-state index in [1.165, 1.54) is 32.1 Å². The number of aromatic nitrogens is 2. The predicted molar refractivity (Wildman–Crippen MR) is 104 cm³/mol. The van der Waals surface area contributed by atoms with Crippen molar-refractivity contribution in [2.75, 3.05) is 31.5 Å². The van der Waals surface area contributed by atoms with Crippen LogP contribution in [0.2, 0.25) is 0 Å². The molecular formula is C20H29N5O. The molecule has 0 radical (unpaired) electrons. The van der Waals surface area contributed by atoms with E-state index in [4.69, 9.17) is 0 Å². The van der Waals surface area contributed by atoms with Crippen molar-refractivity contribution in [1.82, 2.24) is 19.8 Å². The fraction of sp³-hybridized carbons (Fsp3) is 0.600. The minimum atomic E-state index is 0.00563. The minimum Gasteiger partial charge on any atom is -0.342 e. The van der Waals surface area contributed by atoms with Crippen LogP contribution < -0.4 is 5.32 Å². The molecule has 0 spiro atoms. The zero-order valence-electron chi connectivity index (χ0n) is 15.6. The molecule has 1 saturated heterocycles. The molecule has 2 amide bonds. The zero-order chi connectivity index (χ0) is 17.9. The summed E-state index contributed by atoms with van der Waals surface area (Å²) < 4.78 is 0. The quantitative estimate of drug-likeness (QED) is 0.862. The Hall–Kier alpha value is -2.08. The average molecular weight is 355 g/mol. The standard InChI is InChI=1S/C20H29N5O/c1-15-21-18-9-8-16(14-19(18)22-15)23-20(26)25-11-5-10-24(12-13-25)17-6-3-2-4-7-17/h8-9,14,17H,2-7,10-13H2,1H3,(H,21,22)(H,23,26). The summed E-state index contributed by atoms with van der Waals surface area (Å²) in [7, 11) is 0. The van der Waals surface area contributed by atoms with Crippen LogP contribution in [0.25, 0.3) is 11.0 Å². The summed E-state index contributed by atoms with van der Waals surface area (Å²) in [6, 6.07) is 6.57. The van der Waals surface area contributed by atoms with Crippen LogP contribution in [0.4, 0.5) is 10.5 Å². The Kier molecular flexibility index (Phi) is 5.11. The number of H-pyrrole nitrogens is 1. The van der Waals surface area contributed by atoms with E-state index in [-0.39, 0.29) is 6.03 Å². The highest BCUT2D eigenvalue weighted by atomic mass is 16.2. The van der Waals surface area contributed by atoms with Crippen molar-refractivity contribution in [2.45, 2.75) is 51.5 Å². The molecule has 1 aliphatic carbocycles. The van der Waals surface area contributed by atoms with Crippen LogP contribution >= 0.6 is 0 Å². The molecule has 1 aromatic heterocycles. The molecular weight excluding hydrogens is 326 g/mol. The molecule has 2 N–H and O–H groups in total. The molecule has 2 aromatic rings. The number of benzene rings is 1. The van der Waals surface area contributed by atoms with Crippen molar-refractivity contribution in [3.8, 4) is 0 Å². The number of fused-ring (bicyclic) bond motifs is 1. The van der Waals surface area contributed by atoms with Crippen LogP contribution in [0.1, 0.15) is 44.3 Å². The number of carbonyl (C=O) groups excluding carboxylic acids is 1. The van der Waals surface area contributed by atoms with E-state index >= 15 is 0 Å². The number of rotatable bonds is 2. The van der Waals surface area contributed by atoms with E-state index in [1.54, 1.807) is 0 Å². The number of nitrogens with one attached hydrogen (secondary N) is 2. The van der Waals surface area contributed by atoms with Crippen molar-refractivity contribution >= 4 is 22.8 Å². The number of hydrogen-bond donors (Lipinski definition) is 2. The number of aromatic amines is 1. The van der Waals surface area contributed by atoms with Crippen LogP contribution in [0.3, 0.4) is 0 Å². The number of carbonyl (C=O) groups is 1. The van der Waals surface area contributed by atoms with Gasteiger partial charge in [0.1, 0.15) is 5.82 Å². The van der Waals surface area contributed by atoms with Crippen molar-refractivity contribution < 1.29 is 4.79 Å². The number of anilines is 1. The molecule has 1 saturated carbocycles.